The highest BCUT2D eigenvalue weighted by atomic mass is 79.9. The maximum absolute atomic E-state index is 12.7. The average Bonchev–Trinajstić information content (AvgIpc) is 2.75. The van der Waals surface area contributed by atoms with Crippen molar-refractivity contribution in [3.05, 3.63) is 69.2 Å². The summed E-state index contributed by atoms with van der Waals surface area (Å²) in [5.41, 5.74) is 0.576. The molecule has 4 rings (SSSR count). The number of hydrogen-bond acceptors (Lipinski definition) is 5. The van der Waals surface area contributed by atoms with Crippen molar-refractivity contribution < 1.29 is 9.53 Å². The van der Waals surface area contributed by atoms with Crippen LogP contribution < -0.4 is 10.3 Å². The molecule has 156 valence electrons. The van der Waals surface area contributed by atoms with Crippen LogP contribution in [-0.4, -0.2) is 58.0 Å². The number of nitrogens with one attached hydrogen (secondary N) is 1. The molecule has 1 atom stereocenters. The number of amides is 1. The normalized spacial score (nSPS) is 15.9. The van der Waals surface area contributed by atoms with Crippen LogP contribution in [0, 0.1) is 0 Å². The number of aromatic nitrogens is 2. The topological polar surface area (TPSA) is 78.5 Å². The first kappa shape index (κ1) is 20.6. The van der Waals surface area contributed by atoms with Gasteiger partial charge in [0.15, 0.2) is 6.10 Å². The molecule has 3 aromatic rings. The van der Waals surface area contributed by atoms with Gasteiger partial charge in [-0.1, -0.05) is 28.1 Å². The number of para-hydroxylation sites is 1. The fourth-order valence-corrected chi connectivity index (χ4v) is 3.84. The number of ether oxygens (including phenoxy) is 1. The quantitative estimate of drug-likeness (QED) is 0.620. The van der Waals surface area contributed by atoms with Gasteiger partial charge in [-0.15, -0.1) is 0 Å². The molecule has 2 heterocycles. The van der Waals surface area contributed by atoms with Crippen molar-refractivity contribution in [3.8, 4) is 5.75 Å². The zero-order valence-corrected chi connectivity index (χ0v) is 18.3. The zero-order valence-electron chi connectivity index (χ0n) is 16.7. The van der Waals surface area contributed by atoms with Crippen molar-refractivity contribution >= 4 is 32.7 Å². The van der Waals surface area contributed by atoms with Crippen molar-refractivity contribution in [1.82, 2.24) is 19.8 Å². The molecule has 1 N–H and O–H groups in total. The number of hydrogen-bond donors (Lipinski definition) is 1. The molecule has 2 aromatic carbocycles. The van der Waals surface area contributed by atoms with E-state index < -0.39 is 6.10 Å². The molecule has 0 bridgehead atoms. The van der Waals surface area contributed by atoms with E-state index in [-0.39, 0.29) is 11.5 Å². The Kier molecular flexibility index (Phi) is 6.15. The number of halogens is 1. The maximum Gasteiger partial charge on any atom is 0.263 e. The number of rotatable bonds is 5. The van der Waals surface area contributed by atoms with E-state index in [0.717, 1.165) is 4.47 Å². The lowest BCUT2D eigenvalue weighted by Gasteiger charge is -2.35. The van der Waals surface area contributed by atoms with E-state index in [1.165, 1.54) is 0 Å². The predicted octanol–water partition coefficient (Wildman–Crippen LogP) is 2.80. The number of H-pyrrole nitrogens is 1. The van der Waals surface area contributed by atoms with E-state index >= 15 is 0 Å². The first-order valence-corrected chi connectivity index (χ1v) is 10.7. The Hall–Kier alpha value is -2.71. The molecular weight excluding hydrogens is 448 g/mol. The lowest BCUT2D eigenvalue weighted by molar-refractivity contribution is -0.139. The molecule has 0 aliphatic carbocycles. The number of carbonyl (C=O) groups is 1. The van der Waals surface area contributed by atoms with Crippen molar-refractivity contribution in [3.63, 3.8) is 0 Å². The fourth-order valence-electron chi connectivity index (χ4n) is 3.57. The second kappa shape index (κ2) is 8.97. The molecule has 0 spiro atoms. The lowest BCUT2D eigenvalue weighted by Crippen LogP contribution is -2.51. The minimum absolute atomic E-state index is 0.0187. The van der Waals surface area contributed by atoms with Gasteiger partial charge in [-0.3, -0.25) is 14.5 Å². The van der Waals surface area contributed by atoms with Crippen LogP contribution in [0.25, 0.3) is 10.9 Å². The number of benzene rings is 2. The highest BCUT2D eigenvalue weighted by molar-refractivity contribution is 9.10. The minimum atomic E-state index is -0.545. The number of aromatic amines is 1. The van der Waals surface area contributed by atoms with Crippen molar-refractivity contribution in [1.29, 1.82) is 0 Å². The van der Waals surface area contributed by atoms with Crippen molar-refractivity contribution in [2.45, 2.75) is 19.6 Å². The summed E-state index contributed by atoms with van der Waals surface area (Å²) < 4.78 is 6.75. The van der Waals surface area contributed by atoms with Crippen molar-refractivity contribution in [2.24, 2.45) is 0 Å². The van der Waals surface area contributed by atoms with Gasteiger partial charge in [0, 0.05) is 30.7 Å². The molecule has 1 saturated heterocycles. The van der Waals surface area contributed by atoms with Gasteiger partial charge in [-0.25, -0.2) is 4.98 Å². The summed E-state index contributed by atoms with van der Waals surface area (Å²) in [6.45, 7) is 4.99. The third-order valence-electron chi connectivity index (χ3n) is 5.19. The number of fused-ring (bicyclic) bond motifs is 1. The molecular formula is C22H23BrN4O3. The van der Waals surface area contributed by atoms with Crippen LogP contribution in [-0.2, 0) is 11.3 Å². The fraction of sp³-hybridized carbons (Fsp3) is 0.318. The summed E-state index contributed by atoms with van der Waals surface area (Å²) in [5, 5.41) is 0.594. The smallest absolute Gasteiger partial charge is 0.263 e. The van der Waals surface area contributed by atoms with Crippen LogP contribution >= 0.6 is 15.9 Å². The van der Waals surface area contributed by atoms with E-state index in [0.29, 0.717) is 55.2 Å². The predicted molar refractivity (Wildman–Crippen MR) is 118 cm³/mol. The second-order valence-electron chi connectivity index (χ2n) is 7.35. The largest absolute Gasteiger partial charge is 0.481 e. The summed E-state index contributed by atoms with van der Waals surface area (Å²) >= 11 is 3.39. The number of piperazine rings is 1. The van der Waals surface area contributed by atoms with E-state index in [2.05, 4.69) is 30.8 Å². The molecule has 30 heavy (non-hydrogen) atoms. The standard InChI is InChI=1S/C22H23BrN4O3/c1-15(30-17-8-6-16(23)7-9-17)22(29)27-12-10-26(11-13-27)14-20-24-19-5-3-2-4-18(19)21(28)25-20/h2-9,15H,10-14H2,1H3,(H,24,25,28)/t15-/m1/s1. The average molecular weight is 471 g/mol. The van der Waals surface area contributed by atoms with Gasteiger partial charge < -0.3 is 14.6 Å². The highest BCUT2D eigenvalue weighted by Crippen LogP contribution is 2.18. The number of nitrogens with zero attached hydrogens (tertiary/aromatic N) is 3. The van der Waals surface area contributed by atoms with Crippen LogP contribution in [0.3, 0.4) is 0 Å². The Morgan fingerprint density at radius 2 is 1.83 bits per heavy atom. The third kappa shape index (κ3) is 4.71. The SMILES string of the molecule is C[C@@H](Oc1ccc(Br)cc1)C(=O)N1CCN(Cc2nc3ccccc3c(=O)[nH]2)CC1. The molecule has 1 fully saturated rings. The van der Waals surface area contributed by atoms with Gasteiger partial charge in [0.1, 0.15) is 11.6 Å². The van der Waals surface area contributed by atoms with Gasteiger partial charge in [0.2, 0.25) is 0 Å². The van der Waals surface area contributed by atoms with E-state index in [1.54, 1.807) is 13.0 Å². The Balaban J connectivity index is 1.32. The Morgan fingerprint density at radius 3 is 2.57 bits per heavy atom. The summed E-state index contributed by atoms with van der Waals surface area (Å²) in [5.74, 6) is 1.30. The minimum Gasteiger partial charge on any atom is -0.481 e. The summed E-state index contributed by atoms with van der Waals surface area (Å²) in [4.78, 5) is 36.4. The monoisotopic (exact) mass is 470 g/mol. The van der Waals surface area contributed by atoms with E-state index in [1.807, 2.05) is 47.4 Å². The molecule has 0 unspecified atom stereocenters. The van der Waals surface area contributed by atoms with Crippen LogP contribution in [0.4, 0.5) is 0 Å². The van der Waals surface area contributed by atoms with Crippen LogP contribution in [0.1, 0.15) is 12.7 Å². The molecule has 7 nitrogen and oxygen atoms in total. The van der Waals surface area contributed by atoms with Crippen LogP contribution in [0.2, 0.25) is 0 Å². The van der Waals surface area contributed by atoms with Gasteiger partial charge in [0.25, 0.3) is 11.5 Å². The first-order valence-electron chi connectivity index (χ1n) is 9.91. The summed E-state index contributed by atoms with van der Waals surface area (Å²) in [6.07, 6.45) is -0.545. The molecule has 0 saturated carbocycles. The summed E-state index contributed by atoms with van der Waals surface area (Å²) in [7, 11) is 0. The lowest BCUT2D eigenvalue weighted by atomic mass is 10.2. The molecule has 1 aliphatic rings. The molecule has 1 aliphatic heterocycles. The van der Waals surface area contributed by atoms with Gasteiger partial charge >= 0.3 is 0 Å². The van der Waals surface area contributed by atoms with E-state index in [4.69, 9.17) is 4.74 Å². The van der Waals surface area contributed by atoms with Crippen LogP contribution in [0.5, 0.6) is 5.75 Å². The summed E-state index contributed by atoms with van der Waals surface area (Å²) in [6, 6.07) is 14.8. The van der Waals surface area contributed by atoms with Crippen molar-refractivity contribution in [2.75, 3.05) is 26.2 Å². The molecule has 1 amide bonds. The van der Waals surface area contributed by atoms with Gasteiger partial charge in [-0.2, -0.15) is 0 Å². The Morgan fingerprint density at radius 1 is 1.13 bits per heavy atom. The van der Waals surface area contributed by atoms with Gasteiger partial charge in [-0.05, 0) is 43.3 Å². The Labute approximate surface area is 182 Å². The zero-order chi connectivity index (χ0) is 21.1. The van der Waals surface area contributed by atoms with Crippen LogP contribution in [0.15, 0.2) is 57.8 Å². The Bertz CT molecular complexity index is 1090. The number of carbonyl (C=O) groups excluding carboxylic acids is 1. The van der Waals surface area contributed by atoms with Gasteiger partial charge in [0.05, 0.1) is 17.4 Å². The first-order chi connectivity index (χ1) is 14.5. The maximum atomic E-state index is 12.7. The second-order valence-corrected chi connectivity index (χ2v) is 8.26. The van der Waals surface area contributed by atoms with E-state index in [9.17, 15) is 9.59 Å². The molecule has 1 aromatic heterocycles. The molecule has 0 radical (unpaired) electrons. The molecule has 8 heteroatoms. The third-order valence-corrected chi connectivity index (χ3v) is 5.72. The highest BCUT2D eigenvalue weighted by Gasteiger charge is 2.26.